The molecule has 0 atom stereocenters. The molecule has 0 spiro atoms. The van der Waals surface area contributed by atoms with Gasteiger partial charge in [0.2, 0.25) is 5.78 Å². The molecule has 1 N–H and O–H groups in total. The lowest BCUT2D eigenvalue weighted by atomic mass is 10.1. The fraction of sp³-hybridized carbons (Fsp3) is 0.250. The third-order valence-corrected chi connectivity index (χ3v) is 6.37. The summed E-state index contributed by atoms with van der Waals surface area (Å²) in [6.07, 6.45) is 4.15. The standard InChI is InChI=1S/C24H23N3O4S/c1-4-16-7-5-8-17-19(11-26-22(16)17)21(28)12-30-24(29)18-9-6-10-25-23(18)32-13-20-14(2)27-31-15(20)3/h5-11,26H,4,12-13H2,1-3H3. The van der Waals surface area contributed by atoms with Crippen molar-refractivity contribution < 1.29 is 18.8 Å². The fourth-order valence-electron chi connectivity index (χ4n) is 3.54. The van der Waals surface area contributed by atoms with Crippen LogP contribution >= 0.6 is 11.8 Å². The van der Waals surface area contributed by atoms with Crippen molar-refractivity contribution in [3.05, 3.63) is 76.4 Å². The number of thioether (sulfide) groups is 1. The number of aromatic nitrogens is 3. The number of hydrogen-bond donors (Lipinski definition) is 1. The highest BCUT2D eigenvalue weighted by Gasteiger charge is 2.19. The molecular formula is C24H23N3O4S. The van der Waals surface area contributed by atoms with Gasteiger partial charge in [0.25, 0.3) is 0 Å². The number of aryl methyl sites for hydroxylation is 3. The van der Waals surface area contributed by atoms with E-state index in [2.05, 4.69) is 22.0 Å². The number of pyridine rings is 1. The highest BCUT2D eigenvalue weighted by molar-refractivity contribution is 7.98. The van der Waals surface area contributed by atoms with Crippen molar-refractivity contribution in [1.82, 2.24) is 15.1 Å². The molecule has 32 heavy (non-hydrogen) atoms. The number of ketones is 1. The van der Waals surface area contributed by atoms with Crippen molar-refractivity contribution >= 4 is 34.4 Å². The summed E-state index contributed by atoms with van der Waals surface area (Å²) in [5.74, 6) is 0.464. The minimum atomic E-state index is -0.582. The third kappa shape index (κ3) is 4.31. The minimum absolute atomic E-state index is 0.258. The van der Waals surface area contributed by atoms with Crippen molar-refractivity contribution in [2.45, 2.75) is 38.0 Å². The molecular weight excluding hydrogens is 426 g/mol. The molecule has 0 radical (unpaired) electrons. The van der Waals surface area contributed by atoms with E-state index < -0.39 is 5.97 Å². The number of rotatable bonds is 8. The van der Waals surface area contributed by atoms with Gasteiger partial charge >= 0.3 is 5.97 Å². The van der Waals surface area contributed by atoms with Crippen LogP contribution in [0.1, 0.15) is 50.2 Å². The Morgan fingerprint density at radius 1 is 1.16 bits per heavy atom. The molecule has 0 fully saturated rings. The second-order valence-electron chi connectivity index (χ2n) is 7.34. The molecule has 4 aromatic rings. The lowest BCUT2D eigenvalue weighted by Crippen LogP contribution is -2.15. The van der Waals surface area contributed by atoms with Gasteiger partial charge in [-0.25, -0.2) is 9.78 Å². The monoisotopic (exact) mass is 449 g/mol. The highest BCUT2D eigenvalue weighted by atomic mass is 32.2. The van der Waals surface area contributed by atoms with Crippen LogP contribution in [-0.4, -0.2) is 33.5 Å². The Morgan fingerprint density at radius 2 is 2.00 bits per heavy atom. The maximum absolute atomic E-state index is 12.8. The maximum atomic E-state index is 12.8. The summed E-state index contributed by atoms with van der Waals surface area (Å²) in [6.45, 7) is 5.45. The van der Waals surface area contributed by atoms with E-state index >= 15 is 0 Å². The summed E-state index contributed by atoms with van der Waals surface area (Å²) in [5.41, 5.74) is 4.70. The van der Waals surface area contributed by atoms with Crippen LogP contribution in [0.5, 0.6) is 0 Å². The Bertz CT molecular complexity index is 1270. The SMILES string of the molecule is CCc1cccc2c(C(=O)COC(=O)c3cccnc3SCc3c(C)noc3C)c[nH]c12. The summed E-state index contributed by atoms with van der Waals surface area (Å²) in [7, 11) is 0. The van der Waals surface area contributed by atoms with E-state index in [1.165, 1.54) is 11.8 Å². The van der Waals surface area contributed by atoms with Crippen molar-refractivity contribution in [1.29, 1.82) is 0 Å². The van der Waals surface area contributed by atoms with Crippen LogP contribution < -0.4 is 0 Å². The Morgan fingerprint density at radius 3 is 2.75 bits per heavy atom. The number of carbonyl (C=O) groups is 2. The second kappa shape index (κ2) is 9.40. The van der Waals surface area contributed by atoms with Crippen LogP contribution in [0.3, 0.4) is 0 Å². The number of fused-ring (bicyclic) bond motifs is 1. The summed E-state index contributed by atoms with van der Waals surface area (Å²) < 4.78 is 10.5. The largest absolute Gasteiger partial charge is 0.454 e. The van der Waals surface area contributed by atoms with Gasteiger partial charge in [-0.05, 0) is 38.0 Å². The van der Waals surface area contributed by atoms with Crippen molar-refractivity contribution in [2.75, 3.05) is 6.61 Å². The first-order chi connectivity index (χ1) is 15.5. The number of para-hydroxylation sites is 1. The number of esters is 1. The van der Waals surface area contributed by atoms with Gasteiger partial charge in [0.1, 0.15) is 10.8 Å². The number of aromatic amines is 1. The lowest BCUT2D eigenvalue weighted by molar-refractivity contribution is 0.0471. The van der Waals surface area contributed by atoms with Crippen LogP contribution in [0.2, 0.25) is 0 Å². The topological polar surface area (TPSA) is 98.1 Å². The smallest absolute Gasteiger partial charge is 0.341 e. The number of nitrogens with zero attached hydrogens (tertiary/aromatic N) is 2. The Labute approximate surface area is 189 Å². The zero-order valence-corrected chi connectivity index (χ0v) is 18.9. The van der Waals surface area contributed by atoms with Gasteiger partial charge in [-0.2, -0.15) is 0 Å². The molecule has 1 aromatic carbocycles. The molecule has 7 nitrogen and oxygen atoms in total. The first kappa shape index (κ1) is 21.8. The number of benzene rings is 1. The average Bonchev–Trinajstić information content (AvgIpc) is 3.39. The molecule has 0 aliphatic heterocycles. The van der Waals surface area contributed by atoms with E-state index in [9.17, 15) is 9.59 Å². The Kier molecular flexibility index (Phi) is 6.41. The van der Waals surface area contributed by atoms with E-state index in [1.807, 2.05) is 32.0 Å². The molecule has 0 saturated carbocycles. The van der Waals surface area contributed by atoms with Gasteiger partial charge < -0.3 is 14.2 Å². The Hall–Kier alpha value is -3.39. The van der Waals surface area contributed by atoms with E-state index in [0.717, 1.165) is 39.9 Å². The average molecular weight is 450 g/mol. The van der Waals surface area contributed by atoms with Crippen LogP contribution in [0.15, 0.2) is 52.3 Å². The second-order valence-corrected chi connectivity index (χ2v) is 8.31. The molecule has 0 saturated heterocycles. The summed E-state index contributed by atoms with van der Waals surface area (Å²) >= 11 is 1.40. The van der Waals surface area contributed by atoms with E-state index in [1.54, 1.807) is 24.5 Å². The van der Waals surface area contributed by atoms with E-state index in [4.69, 9.17) is 9.26 Å². The predicted molar refractivity (Wildman–Crippen MR) is 122 cm³/mol. The molecule has 0 bridgehead atoms. The number of hydrogen-bond acceptors (Lipinski definition) is 7. The van der Waals surface area contributed by atoms with Crippen molar-refractivity contribution in [3.8, 4) is 0 Å². The van der Waals surface area contributed by atoms with Gasteiger partial charge in [-0.1, -0.05) is 30.3 Å². The Balaban J connectivity index is 1.45. The van der Waals surface area contributed by atoms with Crippen molar-refractivity contribution in [2.24, 2.45) is 0 Å². The highest BCUT2D eigenvalue weighted by Crippen LogP contribution is 2.28. The molecule has 8 heteroatoms. The van der Waals surface area contributed by atoms with Crippen LogP contribution in [0.4, 0.5) is 0 Å². The van der Waals surface area contributed by atoms with E-state index in [-0.39, 0.29) is 12.4 Å². The zero-order valence-electron chi connectivity index (χ0n) is 18.1. The number of Topliss-reactive ketones (excluding diaryl/α,β-unsaturated/α-hetero) is 1. The lowest BCUT2D eigenvalue weighted by Gasteiger charge is -2.08. The predicted octanol–water partition coefficient (Wildman–Crippen LogP) is 5.06. The molecule has 164 valence electrons. The minimum Gasteiger partial charge on any atom is -0.454 e. The molecule has 4 rings (SSSR count). The first-order valence-corrected chi connectivity index (χ1v) is 11.3. The number of H-pyrrole nitrogens is 1. The molecule has 0 aliphatic rings. The summed E-state index contributed by atoms with van der Waals surface area (Å²) in [6, 6.07) is 9.16. The van der Waals surface area contributed by atoms with Gasteiger partial charge in [0, 0.05) is 40.2 Å². The van der Waals surface area contributed by atoms with Gasteiger partial charge in [-0.3, -0.25) is 4.79 Å². The number of nitrogens with one attached hydrogen (secondary N) is 1. The van der Waals surface area contributed by atoms with Gasteiger partial charge in [0.05, 0.1) is 11.3 Å². The fourth-order valence-corrected chi connectivity index (χ4v) is 4.67. The van der Waals surface area contributed by atoms with Gasteiger partial charge in [0.15, 0.2) is 6.61 Å². The molecule has 3 aromatic heterocycles. The molecule has 0 aliphatic carbocycles. The van der Waals surface area contributed by atoms with Gasteiger partial charge in [-0.15, -0.1) is 11.8 Å². The number of carbonyl (C=O) groups excluding carboxylic acids is 2. The summed E-state index contributed by atoms with van der Waals surface area (Å²) in [4.78, 5) is 33.0. The quantitative estimate of drug-likeness (QED) is 0.228. The molecule has 0 amide bonds. The van der Waals surface area contributed by atoms with Crippen LogP contribution in [0.25, 0.3) is 10.9 Å². The van der Waals surface area contributed by atoms with Crippen molar-refractivity contribution in [3.63, 3.8) is 0 Å². The van der Waals surface area contributed by atoms with E-state index in [0.29, 0.717) is 21.9 Å². The number of ether oxygens (including phenoxy) is 1. The normalized spacial score (nSPS) is 11.1. The summed E-state index contributed by atoms with van der Waals surface area (Å²) in [5, 5.41) is 5.32. The molecule has 0 unspecified atom stereocenters. The zero-order chi connectivity index (χ0) is 22.7. The molecule has 3 heterocycles. The van der Waals surface area contributed by atoms with Crippen LogP contribution in [0, 0.1) is 13.8 Å². The maximum Gasteiger partial charge on any atom is 0.341 e. The van der Waals surface area contributed by atoms with Crippen LogP contribution in [-0.2, 0) is 16.9 Å². The first-order valence-electron chi connectivity index (χ1n) is 10.3. The third-order valence-electron chi connectivity index (χ3n) is 5.34.